The van der Waals surface area contributed by atoms with E-state index < -0.39 is 28.7 Å². The molecule has 0 aliphatic carbocycles. The van der Waals surface area contributed by atoms with Crippen LogP contribution in [0.15, 0.2) is 49.1 Å². The highest BCUT2D eigenvalue weighted by atomic mass is 35.5. The maximum atomic E-state index is 13.0. The number of rotatable bonds is 5. The van der Waals surface area contributed by atoms with Gasteiger partial charge in [-0.05, 0) is 25.1 Å². The Morgan fingerprint density at radius 3 is 2.70 bits per heavy atom. The van der Waals surface area contributed by atoms with Crippen LogP contribution < -0.4 is 10.6 Å². The number of nitrogens with zero attached hydrogens (tertiary/aromatic N) is 4. The molecule has 0 unspecified atom stereocenters. The molecule has 4 aromatic rings. The number of nitrogens with one attached hydrogen (secondary N) is 2. The molecular formula is C20H14ClF3N6O2S. The number of halogens is 4. The van der Waals surface area contributed by atoms with E-state index in [1.54, 1.807) is 35.8 Å². The number of pyridine rings is 2. The number of carbonyl (C=O) groups is 2. The van der Waals surface area contributed by atoms with Gasteiger partial charge in [-0.2, -0.15) is 18.3 Å². The van der Waals surface area contributed by atoms with Gasteiger partial charge in [-0.1, -0.05) is 17.7 Å². The minimum Gasteiger partial charge on any atom is -0.343 e. The second-order valence-corrected chi connectivity index (χ2v) is 8.32. The van der Waals surface area contributed by atoms with Crippen LogP contribution in [0.5, 0.6) is 0 Å². The number of amides is 2. The summed E-state index contributed by atoms with van der Waals surface area (Å²) < 4.78 is 40.6. The minimum atomic E-state index is -4.69. The van der Waals surface area contributed by atoms with E-state index in [1.807, 2.05) is 0 Å². The van der Waals surface area contributed by atoms with Crippen molar-refractivity contribution in [2.24, 2.45) is 0 Å². The van der Waals surface area contributed by atoms with Crippen LogP contribution in [0.4, 0.5) is 19.0 Å². The van der Waals surface area contributed by atoms with Gasteiger partial charge in [-0.25, -0.2) is 14.5 Å². The van der Waals surface area contributed by atoms with Crippen molar-refractivity contribution >= 4 is 46.1 Å². The largest absolute Gasteiger partial charge is 0.418 e. The molecule has 4 aromatic heterocycles. The molecular weight excluding hydrogens is 481 g/mol. The van der Waals surface area contributed by atoms with Crippen LogP contribution in [0.2, 0.25) is 5.02 Å². The first-order chi connectivity index (χ1) is 15.6. The molecule has 0 spiro atoms. The zero-order chi connectivity index (χ0) is 23.8. The van der Waals surface area contributed by atoms with Crippen molar-refractivity contribution < 1.29 is 22.8 Å². The highest BCUT2D eigenvalue weighted by Gasteiger charge is 2.34. The predicted octanol–water partition coefficient (Wildman–Crippen LogP) is 4.60. The quantitative estimate of drug-likeness (QED) is 0.422. The molecule has 33 heavy (non-hydrogen) atoms. The number of aromatic nitrogens is 4. The third kappa shape index (κ3) is 4.81. The summed E-state index contributed by atoms with van der Waals surface area (Å²) in [5.41, 5.74) is -0.0927. The van der Waals surface area contributed by atoms with Crippen molar-refractivity contribution in [2.75, 3.05) is 5.32 Å². The summed E-state index contributed by atoms with van der Waals surface area (Å²) >= 11 is 6.53. The fourth-order valence-electron chi connectivity index (χ4n) is 2.94. The normalized spacial score (nSPS) is 12.5. The molecule has 1 atom stereocenters. The number of hydrogen-bond donors (Lipinski definition) is 2. The molecule has 4 rings (SSSR count). The molecule has 0 saturated carbocycles. The Labute approximate surface area is 193 Å². The summed E-state index contributed by atoms with van der Waals surface area (Å²) in [5.74, 6) is -1.36. The minimum absolute atomic E-state index is 0.132. The van der Waals surface area contributed by atoms with Gasteiger partial charge in [0.05, 0.1) is 40.1 Å². The van der Waals surface area contributed by atoms with Crippen LogP contribution >= 0.6 is 22.9 Å². The summed E-state index contributed by atoms with van der Waals surface area (Å²) in [6.45, 7) is 1.69. The number of hydrogen-bond acceptors (Lipinski definition) is 6. The molecule has 170 valence electrons. The molecule has 13 heteroatoms. The zero-order valence-electron chi connectivity index (χ0n) is 16.7. The molecule has 0 radical (unpaired) electrons. The van der Waals surface area contributed by atoms with Gasteiger partial charge in [0.1, 0.15) is 15.7 Å². The van der Waals surface area contributed by atoms with E-state index in [4.69, 9.17) is 11.6 Å². The summed E-state index contributed by atoms with van der Waals surface area (Å²) in [6.07, 6.45) is 0.566. The third-order valence-electron chi connectivity index (χ3n) is 4.54. The van der Waals surface area contributed by atoms with Gasteiger partial charge >= 0.3 is 6.18 Å². The van der Waals surface area contributed by atoms with E-state index in [0.717, 1.165) is 17.5 Å². The Hall–Kier alpha value is -3.51. The number of alkyl halides is 3. The van der Waals surface area contributed by atoms with Crippen molar-refractivity contribution in [3.8, 4) is 0 Å². The van der Waals surface area contributed by atoms with Crippen LogP contribution in [-0.4, -0.2) is 31.4 Å². The van der Waals surface area contributed by atoms with Crippen molar-refractivity contribution in [3.05, 3.63) is 75.1 Å². The molecule has 0 aliphatic heterocycles. The first kappa shape index (κ1) is 22.7. The van der Waals surface area contributed by atoms with Gasteiger partial charge in [-0.3, -0.25) is 9.59 Å². The van der Waals surface area contributed by atoms with Gasteiger partial charge in [-0.15, -0.1) is 11.3 Å². The van der Waals surface area contributed by atoms with E-state index >= 15 is 0 Å². The molecule has 0 bridgehead atoms. The molecule has 0 aliphatic rings. The summed E-state index contributed by atoms with van der Waals surface area (Å²) in [6, 6.07) is 5.45. The van der Waals surface area contributed by atoms with Crippen LogP contribution in [-0.2, 0) is 6.18 Å². The van der Waals surface area contributed by atoms with Crippen LogP contribution in [0, 0.1) is 0 Å². The van der Waals surface area contributed by atoms with E-state index in [-0.39, 0.29) is 16.6 Å². The van der Waals surface area contributed by atoms with E-state index in [1.165, 1.54) is 12.4 Å². The maximum absolute atomic E-state index is 13.0. The molecule has 2 amide bonds. The fourth-order valence-corrected chi connectivity index (χ4v) is 3.97. The highest BCUT2D eigenvalue weighted by molar-refractivity contribution is 7.13. The summed E-state index contributed by atoms with van der Waals surface area (Å²) in [4.78, 5) is 33.1. The Morgan fingerprint density at radius 1 is 1.15 bits per heavy atom. The molecule has 2 N–H and O–H groups in total. The van der Waals surface area contributed by atoms with Crippen LogP contribution in [0.3, 0.4) is 0 Å². The van der Waals surface area contributed by atoms with Gasteiger partial charge in [0.25, 0.3) is 11.8 Å². The van der Waals surface area contributed by atoms with E-state index in [9.17, 15) is 22.8 Å². The SMILES string of the molecule is C[C@@H](NC(=O)c1cnn2ccccc12)c1ncc(C(=O)Nc2cc(C(F)(F)F)c(Cl)cn2)s1. The first-order valence-electron chi connectivity index (χ1n) is 9.36. The first-order valence-corrected chi connectivity index (χ1v) is 10.6. The lowest BCUT2D eigenvalue weighted by Gasteiger charge is -2.11. The Balaban J connectivity index is 1.45. The van der Waals surface area contributed by atoms with Gasteiger partial charge in [0, 0.05) is 12.4 Å². The van der Waals surface area contributed by atoms with E-state index in [2.05, 4.69) is 25.7 Å². The Morgan fingerprint density at radius 2 is 1.94 bits per heavy atom. The second-order valence-electron chi connectivity index (χ2n) is 6.85. The predicted molar refractivity (Wildman–Crippen MR) is 115 cm³/mol. The Kier molecular flexibility index (Phi) is 6.04. The standard InChI is InChI=1S/C20H14ClF3N6O2S/c1-10(28-17(31)11-7-27-30-5-3-2-4-14(11)30)19-26-9-15(33-19)18(32)29-16-6-12(20(22,23)24)13(21)8-25-16/h2-10H,1H3,(H,28,31)(H,25,29,32)/t10-/m1/s1. The fraction of sp³-hybridized carbons (Fsp3) is 0.150. The van der Waals surface area contributed by atoms with Crippen LogP contribution in [0.25, 0.3) is 5.52 Å². The topological polar surface area (TPSA) is 101 Å². The second kappa shape index (κ2) is 8.79. The molecule has 4 heterocycles. The van der Waals surface area contributed by atoms with Gasteiger partial charge in [0.15, 0.2) is 0 Å². The molecule has 0 saturated heterocycles. The van der Waals surface area contributed by atoms with Gasteiger partial charge in [0.2, 0.25) is 0 Å². The summed E-state index contributed by atoms with van der Waals surface area (Å²) in [7, 11) is 0. The number of carbonyl (C=O) groups excluding carboxylic acids is 2. The monoisotopic (exact) mass is 494 g/mol. The van der Waals surface area contributed by atoms with E-state index in [0.29, 0.717) is 22.2 Å². The molecule has 0 aromatic carbocycles. The molecule has 8 nitrogen and oxygen atoms in total. The molecule has 0 fully saturated rings. The van der Waals surface area contributed by atoms with Gasteiger partial charge < -0.3 is 10.6 Å². The van der Waals surface area contributed by atoms with Crippen molar-refractivity contribution in [2.45, 2.75) is 19.1 Å². The lowest BCUT2D eigenvalue weighted by Crippen LogP contribution is -2.26. The Bertz CT molecular complexity index is 1350. The lowest BCUT2D eigenvalue weighted by atomic mass is 10.2. The number of thiazole rings is 1. The zero-order valence-corrected chi connectivity index (χ0v) is 18.3. The van der Waals surface area contributed by atoms with Crippen molar-refractivity contribution in [1.82, 2.24) is 24.9 Å². The van der Waals surface area contributed by atoms with Crippen molar-refractivity contribution in [1.29, 1.82) is 0 Å². The van der Waals surface area contributed by atoms with Crippen molar-refractivity contribution in [3.63, 3.8) is 0 Å². The lowest BCUT2D eigenvalue weighted by molar-refractivity contribution is -0.137. The number of fused-ring (bicyclic) bond motifs is 1. The average molecular weight is 495 g/mol. The maximum Gasteiger partial charge on any atom is 0.418 e. The highest BCUT2D eigenvalue weighted by Crippen LogP contribution is 2.35. The smallest absolute Gasteiger partial charge is 0.343 e. The summed E-state index contributed by atoms with van der Waals surface area (Å²) in [5, 5.41) is 9.07. The average Bonchev–Trinajstić information content (AvgIpc) is 3.42. The third-order valence-corrected chi connectivity index (χ3v) is 6.02. The van der Waals surface area contributed by atoms with Crippen LogP contribution in [0.1, 0.15) is 43.6 Å². The number of anilines is 1.